The molecule has 0 bridgehead atoms. The fraction of sp³-hybridized carbons (Fsp3) is 0.524. The van der Waals surface area contributed by atoms with Crippen molar-refractivity contribution in [3.8, 4) is 0 Å². The van der Waals surface area contributed by atoms with E-state index in [1.807, 2.05) is 35.9 Å². The lowest BCUT2D eigenvalue weighted by Crippen LogP contribution is -2.45. The molecular formula is C21H28N4O2. The van der Waals surface area contributed by atoms with Gasteiger partial charge in [-0.25, -0.2) is 0 Å². The lowest BCUT2D eigenvalue weighted by atomic mass is 10.1. The van der Waals surface area contributed by atoms with Crippen molar-refractivity contribution in [1.82, 2.24) is 20.0 Å². The van der Waals surface area contributed by atoms with Crippen LogP contribution in [0.4, 0.5) is 0 Å². The van der Waals surface area contributed by atoms with E-state index in [-0.39, 0.29) is 18.1 Å². The quantitative estimate of drug-likeness (QED) is 0.898. The van der Waals surface area contributed by atoms with Gasteiger partial charge in [0.1, 0.15) is 0 Å². The van der Waals surface area contributed by atoms with Gasteiger partial charge >= 0.3 is 0 Å². The number of rotatable bonds is 4. The predicted molar refractivity (Wildman–Crippen MR) is 104 cm³/mol. The largest absolute Gasteiger partial charge is 0.376 e. The molecule has 27 heavy (non-hydrogen) atoms. The van der Waals surface area contributed by atoms with E-state index in [0.717, 1.165) is 43.1 Å². The van der Waals surface area contributed by atoms with E-state index >= 15 is 0 Å². The van der Waals surface area contributed by atoms with E-state index in [1.165, 1.54) is 0 Å². The van der Waals surface area contributed by atoms with Gasteiger partial charge in [0.15, 0.2) is 0 Å². The second-order valence-corrected chi connectivity index (χ2v) is 7.94. The second-order valence-electron chi connectivity index (χ2n) is 7.94. The number of morpholine rings is 1. The Morgan fingerprint density at radius 3 is 2.93 bits per heavy atom. The maximum atomic E-state index is 12.8. The Bertz CT molecular complexity index is 831. The molecule has 2 aliphatic rings. The molecule has 0 unspecified atom stereocenters. The molecule has 4 rings (SSSR count). The van der Waals surface area contributed by atoms with Crippen molar-refractivity contribution in [1.29, 1.82) is 0 Å². The minimum Gasteiger partial charge on any atom is -0.376 e. The highest BCUT2D eigenvalue weighted by atomic mass is 16.5. The summed E-state index contributed by atoms with van der Waals surface area (Å²) in [5, 5.41) is 7.72. The first-order valence-electron chi connectivity index (χ1n) is 9.74. The van der Waals surface area contributed by atoms with Gasteiger partial charge in [-0.2, -0.15) is 5.10 Å². The lowest BCUT2D eigenvalue weighted by molar-refractivity contribution is -0.0390. The molecule has 1 aromatic heterocycles. The summed E-state index contributed by atoms with van der Waals surface area (Å²) >= 11 is 0. The lowest BCUT2D eigenvalue weighted by Gasteiger charge is -2.33. The van der Waals surface area contributed by atoms with Gasteiger partial charge in [0.05, 0.1) is 24.9 Å². The third-order valence-electron chi connectivity index (χ3n) is 5.55. The first kappa shape index (κ1) is 18.2. The first-order valence-corrected chi connectivity index (χ1v) is 9.74. The van der Waals surface area contributed by atoms with Gasteiger partial charge in [0, 0.05) is 36.4 Å². The normalized spacial score (nSPS) is 25.4. The van der Waals surface area contributed by atoms with E-state index < -0.39 is 0 Å². The molecule has 0 spiro atoms. The van der Waals surface area contributed by atoms with Crippen molar-refractivity contribution < 1.29 is 9.53 Å². The number of fused-ring (bicyclic) bond motifs is 1. The molecule has 2 aliphatic heterocycles. The second kappa shape index (κ2) is 7.44. The minimum absolute atomic E-state index is 0.00373. The highest BCUT2D eigenvalue weighted by Crippen LogP contribution is 2.23. The average Bonchev–Trinajstić information content (AvgIpc) is 3.16. The van der Waals surface area contributed by atoms with Crippen LogP contribution in [-0.4, -0.2) is 58.5 Å². The fourth-order valence-corrected chi connectivity index (χ4v) is 4.23. The van der Waals surface area contributed by atoms with Gasteiger partial charge in [0.2, 0.25) is 0 Å². The van der Waals surface area contributed by atoms with Crippen molar-refractivity contribution in [2.24, 2.45) is 0 Å². The fourth-order valence-electron chi connectivity index (χ4n) is 4.23. The van der Waals surface area contributed by atoms with E-state index in [1.54, 1.807) is 0 Å². The Kier molecular flexibility index (Phi) is 5.02. The van der Waals surface area contributed by atoms with Gasteiger partial charge < -0.3 is 10.1 Å². The van der Waals surface area contributed by atoms with Crippen LogP contribution in [0.3, 0.4) is 0 Å². The highest BCUT2D eigenvalue weighted by Gasteiger charge is 2.36. The van der Waals surface area contributed by atoms with Crippen LogP contribution in [0, 0.1) is 13.8 Å². The summed E-state index contributed by atoms with van der Waals surface area (Å²) in [5.74, 6) is 0.00373. The maximum Gasteiger partial charge on any atom is 0.251 e. The molecule has 2 saturated heterocycles. The molecule has 0 radical (unpaired) electrons. The van der Waals surface area contributed by atoms with E-state index in [2.05, 4.69) is 35.2 Å². The molecule has 3 heterocycles. The molecule has 2 fully saturated rings. The van der Waals surface area contributed by atoms with Crippen molar-refractivity contribution in [3.05, 3.63) is 52.8 Å². The molecule has 6 heteroatoms. The summed E-state index contributed by atoms with van der Waals surface area (Å²) in [7, 11) is 0. The van der Waals surface area contributed by atoms with Crippen LogP contribution in [0.25, 0.3) is 0 Å². The van der Waals surface area contributed by atoms with Crippen LogP contribution in [-0.2, 0) is 11.3 Å². The van der Waals surface area contributed by atoms with Crippen molar-refractivity contribution in [3.63, 3.8) is 0 Å². The zero-order valence-electron chi connectivity index (χ0n) is 16.3. The van der Waals surface area contributed by atoms with Crippen LogP contribution >= 0.6 is 0 Å². The summed E-state index contributed by atoms with van der Waals surface area (Å²) in [5.41, 5.74) is 3.93. The maximum absolute atomic E-state index is 12.8. The number of amides is 1. The third kappa shape index (κ3) is 4.06. The average molecular weight is 368 g/mol. The number of hydrogen-bond acceptors (Lipinski definition) is 4. The predicted octanol–water partition coefficient (Wildman–Crippen LogP) is 2.14. The number of carbonyl (C=O) groups excluding carboxylic acids is 1. The standard InChI is InChI=1S/C21H28N4O2/c1-14-7-15(2)25(23-14)11-17-5-4-6-18(8-17)21(26)22-19-9-20-13-27-16(3)10-24(20)12-19/h4-8,16,19-20H,9-13H2,1-3H3,(H,22,26)/t16-,19+,20-/m0/s1. The number of aryl methyl sites for hydroxylation is 2. The Hall–Kier alpha value is -2.18. The number of benzene rings is 1. The number of hydrogen-bond donors (Lipinski definition) is 1. The summed E-state index contributed by atoms with van der Waals surface area (Å²) < 4.78 is 7.73. The zero-order valence-corrected chi connectivity index (χ0v) is 16.3. The SMILES string of the molecule is Cc1cc(C)n(Cc2cccc(C(=O)N[C@@H]3C[C@H]4CO[C@@H](C)CN4C3)c2)n1. The first-order chi connectivity index (χ1) is 13.0. The van der Waals surface area contributed by atoms with Gasteiger partial charge in [-0.1, -0.05) is 12.1 Å². The van der Waals surface area contributed by atoms with Crippen LogP contribution in [0.15, 0.2) is 30.3 Å². The summed E-state index contributed by atoms with van der Waals surface area (Å²) in [4.78, 5) is 15.2. The molecule has 1 N–H and O–H groups in total. The summed E-state index contributed by atoms with van der Waals surface area (Å²) in [6.45, 7) is 9.46. The van der Waals surface area contributed by atoms with Crippen molar-refractivity contribution in [2.75, 3.05) is 19.7 Å². The summed E-state index contributed by atoms with van der Waals surface area (Å²) in [6, 6.07) is 10.5. The van der Waals surface area contributed by atoms with Crippen molar-refractivity contribution in [2.45, 2.75) is 51.9 Å². The number of aromatic nitrogens is 2. The van der Waals surface area contributed by atoms with Crippen LogP contribution < -0.4 is 5.32 Å². The number of nitrogens with zero attached hydrogens (tertiary/aromatic N) is 3. The molecule has 1 aromatic carbocycles. The van der Waals surface area contributed by atoms with Gasteiger partial charge in [-0.3, -0.25) is 14.4 Å². The zero-order chi connectivity index (χ0) is 19.0. The van der Waals surface area contributed by atoms with Crippen LogP contribution in [0.1, 0.15) is 40.7 Å². The highest BCUT2D eigenvalue weighted by molar-refractivity contribution is 5.94. The Morgan fingerprint density at radius 1 is 1.30 bits per heavy atom. The molecule has 3 atom stereocenters. The Balaban J connectivity index is 1.40. The summed E-state index contributed by atoms with van der Waals surface area (Å²) in [6.07, 6.45) is 1.24. The molecule has 144 valence electrons. The Labute approximate surface area is 160 Å². The van der Waals surface area contributed by atoms with E-state index in [9.17, 15) is 4.79 Å². The molecule has 1 amide bonds. The molecule has 0 aliphatic carbocycles. The molecule has 6 nitrogen and oxygen atoms in total. The Morgan fingerprint density at radius 2 is 2.15 bits per heavy atom. The van der Waals surface area contributed by atoms with Crippen LogP contribution in [0.5, 0.6) is 0 Å². The molecular weight excluding hydrogens is 340 g/mol. The van der Waals surface area contributed by atoms with Gasteiger partial charge in [-0.05, 0) is 51.0 Å². The van der Waals surface area contributed by atoms with E-state index in [0.29, 0.717) is 18.2 Å². The number of carbonyl (C=O) groups is 1. The van der Waals surface area contributed by atoms with Gasteiger partial charge in [0.25, 0.3) is 5.91 Å². The topological polar surface area (TPSA) is 59.4 Å². The number of ether oxygens (including phenoxy) is 1. The molecule has 2 aromatic rings. The molecule has 0 saturated carbocycles. The van der Waals surface area contributed by atoms with Gasteiger partial charge in [-0.15, -0.1) is 0 Å². The van der Waals surface area contributed by atoms with Crippen molar-refractivity contribution >= 4 is 5.91 Å². The van der Waals surface area contributed by atoms with Crippen LogP contribution in [0.2, 0.25) is 0 Å². The number of nitrogens with one attached hydrogen (secondary N) is 1. The minimum atomic E-state index is 0.00373. The monoisotopic (exact) mass is 368 g/mol. The smallest absolute Gasteiger partial charge is 0.251 e. The third-order valence-corrected chi connectivity index (χ3v) is 5.55. The van der Waals surface area contributed by atoms with E-state index in [4.69, 9.17) is 4.74 Å².